The number of unbranched alkanes of at least 4 members (excludes halogenated alkanes) is 2. The Morgan fingerprint density at radius 2 is 1.67 bits per heavy atom. The molecule has 0 aromatic rings. The van der Waals surface area contributed by atoms with Crippen LogP contribution < -0.4 is 0 Å². The first-order chi connectivity index (χ1) is 5.91. The molecule has 0 saturated heterocycles. The Kier molecular flexibility index (Phi) is 10.1. The molecule has 0 spiro atoms. The summed E-state index contributed by atoms with van der Waals surface area (Å²) < 4.78 is 0. The molecule has 0 aliphatic heterocycles. The zero-order valence-corrected chi connectivity index (χ0v) is 8.42. The highest BCUT2D eigenvalue weighted by molar-refractivity contribution is 6.33. The molecule has 0 amide bonds. The van der Waals surface area contributed by atoms with Crippen molar-refractivity contribution in [2.75, 3.05) is 0 Å². The molecule has 12 heavy (non-hydrogen) atoms. The van der Waals surface area contributed by atoms with Gasteiger partial charge in [0, 0.05) is 0 Å². The topological polar surface area (TPSA) is 0 Å². The van der Waals surface area contributed by atoms with E-state index in [0.717, 1.165) is 0 Å². The lowest BCUT2D eigenvalue weighted by atomic mass is 9.77. The van der Waals surface area contributed by atoms with E-state index in [0.29, 0.717) is 0 Å². The molecular weight excluding hydrogens is 143 g/mol. The number of rotatable bonds is 7. The van der Waals surface area contributed by atoms with Gasteiger partial charge >= 0.3 is 0 Å². The van der Waals surface area contributed by atoms with E-state index in [1.807, 2.05) is 0 Å². The molecule has 1 radical (unpaired) electrons. The Labute approximate surface area is 78.0 Å². The molecule has 0 aliphatic rings. The van der Waals surface area contributed by atoms with Gasteiger partial charge in [-0.15, -0.1) is 0 Å². The third-order valence-electron chi connectivity index (χ3n) is 1.77. The fourth-order valence-electron chi connectivity index (χ4n) is 1.02. The summed E-state index contributed by atoms with van der Waals surface area (Å²) in [4.78, 5) is 0. The van der Waals surface area contributed by atoms with Crippen LogP contribution in [0.25, 0.3) is 0 Å². The predicted octanol–water partition coefficient (Wildman–Crippen LogP) is 3.85. The number of hydrogen-bond donors (Lipinski definition) is 0. The zero-order chi connectivity index (χ0) is 9.07. The Hall–Kier alpha value is -0.455. The van der Waals surface area contributed by atoms with Gasteiger partial charge in [-0.3, -0.25) is 0 Å². The first-order valence-corrected chi connectivity index (χ1v) is 4.95. The summed E-state index contributed by atoms with van der Waals surface area (Å²) in [6.07, 6.45) is 15.1. The first kappa shape index (κ1) is 11.5. The molecule has 67 valence electrons. The van der Waals surface area contributed by atoms with Crippen LogP contribution in [-0.2, 0) is 0 Å². The molecule has 0 atom stereocenters. The van der Waals surface area contributed by atoms with Crippen molar-refractivity contribution >= 4 is 7.28 Å². The summed E-state index contributed by atoms with van der Waals surface area (Å²) in [5.74, 6) is 0. The molecule has 0 rings (SSSR count). The van der Waals surface area contributed by atoms with Crippen LogP contribution in [0.1, 0.15) is 32.6 Å². The highest BCUT2D eigenvalue weighted by Gasteiger charge is 1.81. The van der Waals surface area contributed by atoms with Crippen LogP contribution in [-0.4, -0.2) is 7.28 Å². The van der Waals surface area contributed by atoms with Crippen LogP contribution in [0.4, 0.5) is 0 Å². The molecule has 0 N–H and O–H groups in total. The summed E-state index contributed by atoms with van der Waals surface area (Å²) in [6, 6.07) is 0. The lowest BCUT2D eigenvalue weighted by molar-refractivity contribution is 0.864. The fraction of sp³-hybridized carbons (Fsp3) is 0.636. The maximum atomic E-state index is 2.30. The molecule has 1 heteroatoms. The maximum absolute atomic E-state index is 2.30. The normalized spacial score (nSPS) is 11.5. The minimum absolute atomic E-state index is 1.21. The third-order valence-corrected chi connectivity index (χ3v) is 1.77. The molecule has 0 aliphatic carbocycles. The van der Waals surface area contributed by atoms with E-state index in [1.54, 1.807) is 0 Å². The summed E-state index contributed by atoms with van der Waals surface area (Å²) in [5.41, 5.74) is 0. The number of hydrogen-bond acceptors (Lipinski definition) is 0. The number of allylic oxidation sites excluding steroid dienone is 4. The van der Waals surface area contributed by atoms with E-state index in [1.165, 1.54) is 32.0 Å². The van der Waals surface area contributed by atoms with Crippen molar-refractivity contribution in [1.29, 1.82) is 0 Å². The minimum Gasteiger partial charge on any atom is -0.0920 e. The van der Waals surface area contributed by atoms with Crippen molar-refractivity contribution in [3.05, 3.63) is 24.3 Å². The van der Waals surface area contributed by atoms with Gasteiger partial charge in [-0.25, -0.2) is 0 Å². The summed E-state index contributed by atoms with van der Waals surface area (Å²) in [6.45, 7) is 4.19. The maximum Gasteiger partial charge on any atom is 0.106 e. The van der Waals surface area contributed by atoms with E-state index in [4.69, 9.17) is 0 Å². The monoisotopic (exact) mass is 163 g/mol. The molecule has 0 fully saturated rings. The van der Waals surface area contributed by atoms with E-state index in [9.17, 15) is 0 Å². The van der Waals surface area contributed by atoms with Crippen LogP contribution >= 0.6 is 0 Å². The molecule has 0 heterocycles. The Morgan fingerprint density at radius 3 is 2.33 bits per heavy atom. The van der Waals surface area contributed by atoms with Crippen LogP contribution in [0.2, 0.25) is 13.1 Å². The van der Waals surface area contributed by atoms with Crippen molar-refractivity contribution in [3.63, 3.8) is 0 Å². The SMILES string of the molecule is C[B]CC/C=C\CCC/C=C\C. The van der Waals surface area contributed by atoms with Gasteiger partial charge in [0.15, 0.2) is 0 Å². The van der Waals surface area contributed by atoms with Crippen LogP contribution in [0, 0.1) is 0 Å². The average molecular weight is 163 g/mol. The Bertz CT molecular complexity index is 125. The first-order valence-electron chi connectivity index (χ1n) is 4.95. The van der Waals surface area contributed by atoms with Gasteiger partial charge < -0.3 is 0 Å². The van der Waals surface area contributed by atoms with Gasteiger partial charge in [0.25, 0.3) is 0 Å². The average Bonchev–Trinajstić information content (AvgIpc) is 2.10. The third kappa shape index (κ3) is 9.54. The van der Waals surface area contributed by atoms with Crippen molar-refractivity contribution in [1.82, 2.24) is 0 Å². The quantitative estimate of drug-likeness (QED) is 0.303. The highest BCUT2D eigenvalue weighted by Crippen LogP contribution is 1.99. The lowest BCUT2D eigenvalue weighted by Crippen LogP contribution is -1.76. The molecule has 0 bridgehead atoms. The largest absolute Gasteiger partial charge is 0.106 e. The standard InChI is InChI=1S/C11H20B/c1-3-4-5-6-7-8-9-10-11-12-2/h3-4,8-9H,5-7,10-11H2,1-2H3/b4-3-,9-8-. The fourth-order valence-corrected chi connectivity index (χ4v) is 1.02. The second-order valence-corrected chi connectivity index (χ2v) is 2.96. The summed E-state index contributed by atoms with van der Waals surface area (Å²) >= 11 is 0. The molecular formula is C11H20B. The van der Waals surface area contributed by atoms with Crippen LogP contribution in [0.15, 0.2) is 24.3 Å². The lowest BCUT2D eigenvalue weighted by Gasteiger charge is -1.90. The van der Waals surface area contributed by atoms with Crippen molar-refractivity contribution in [2.45, 2.75) is 45.8 Å². The highest BCUT2D eigenvalue weighted by atomic mass is 13.8. The van der Waals surface area contributed by atoms with E-state index in [-0.39, 0.29) is 0 Å². The van der Waals surface area contributed by atoms with Gasteiger partial charge in [0.1, 0.15) is 7.28 Å². The molecule has 0 saturated carbocycles. The van der Waals surface area contributed by atoms with Gasteiger partial charge in [0.05, 0.1) is 0 Å². The summed E-state index contributed by atoms with van der Waals surface area (Å²) in [5, 5.41) is 0. The second kappa shape index (κ2) is 10.5. The van der Waals surface area contributed by atoms with Gasteiger partial charge in [-0.1, -0.05) is 37.4 Å². The van der Waals surface area contributed by atoms with Gasteiger partial charge in [0.2, 0.25) is 0 Å². The molecule has 0 aromatic carbocycles. The van der Waals surface area contributed by atoms with Crippen molar-refractivity contribution in [3.8, 4) is 0 Å². The van der Waals surface area contributed by atoms with E-state index in [2.05, 4.69) is 45.3 Å². The molecule has 0 aromatic heterocycles. The Morgan fingerprint density at radius 1 is 1.00 bits per heavy atom. The van der Waals surface area contributed by atoms with Gasteiger partial charge in [-0.05, 0) is 32.6 Å². The minimum atomic E-state index is 1.21. The second-order valence-electron chi connectivity index (χ2n) is 2.96. The Balaban J connectivity index is 3.02. The van der Waals surface area contributed by atoms with Crippen molar-refractivity contribution < 1.29 is 0 Å². The van der Waals surface area contributed by atoms with Crippen molar-refractivity contribution in [2.24, 2.45) is 0 Å². The van der Waals surface area contributed by atoms with Gasteiger partial charge in [-0.2, -0.15) is 0 Å². The van der Waals surface area contributed by atoms with Crippen LogP contribution in [0.5, 0.6) is 0 Å². The molecule has 0 nitrogen and oxygen atoms in total. The van der Waals surface area contributed by atoms with E-state index < -0.39 is 0 Å². The summed E-state index contributed by atoms with van der Waals surface area (Å²) in [7, 11) is 2.21. The van der Waals surface area contributed by atoms with Crippen LogP contribution in [0.3, 0.4) is 0 Å². The van der Waals surface area contributed by atoms with E-state index >= 15 is 0 Å². The smallest absolute Gasteiger partial charge is 0.0920 e. The molecule has 0 unspecified atom stereocenters. The predicted molar refractivity (Wildman–Crippen MR) is 58.8 cm³/mol. The zero-order valence-electron chi connectivity index (χ0n) is 8.42.